The average molecular weight is 310 g/mol. The molecule has 2 aromatic rings. The molecule has 0 aliphatic rings. The molecule has 0 fully saturated rings. The van der Waals surface area contributed by atoms with E-state index in [2.05, 4.69) is 39.8 Å². The third kappa shape index (κ3) is 4.01. The number of hydrogen-bond donors (Lipinski definition) is 0. The van der Waals surface area contributed by atoms with Crippen LogP contribution in [0.1, 0.15) is 66.6 Å². The largest absolute Gasteiger partial charge is 0.496 e. The normalized spacial score (nSPS) is 11.1. The summed E-state index contributed by atoms with van der Waals surface area (Å²) in [6.07, 6.45) is 0.366. The molecular weight excluding hydrogens is 284 g/mol. The maximum absolute atomic E-state index is 12.8. The van der Waals surface area contributed by atoms with E-state index < -0.39 is 0 Å². The van der Waals surface area contributed by atoms with E-state index in [0.29, 0.717) is 18.3 Å². The highest BCUT2D eigenvalue weighted by atomic mass is 16.5. The molecule has 0 saturated heterocycles. The first-order chi connectivity index (χ1) is 10.9. The Bertz CT molecular complexity index is 684. The van der Waals surface area contributed by atoms with Crippen molar-refractivity contribution >= 4 is 5.78 Å². The molecule has 0 heterocycles. The number of para-hydroxylation sites is 1. The SMILES string of the molecule is COc1ccccc1CC(=O)c1ccc(C(C)C)cc1C(C)C. The molecule has 23 heavy (non-hydrogen) atoms. The monoisotopic (exact) mass is 310 g/mol. The van der Waals surface area contributed by atoms with Crippen molar-refractivity contribution in [3.63, 3.8) is 0 Å². The lowest BCUT2D eigenvalue weighted by Crippen LogP contribution is -2.10. The highest BCUT2D eigenvalue weighted by Gasteiger charge is 2.17. The fourth-order valence-corrected chi connectivity index (χ4v) is 2.79. The Hall–Kier alpha value is -2.09. The predicted octanol–water partition coefficient (Wildman–Crippen LogP) is 5.37. The van der Waals surface area contributed by atoms with Gasteiger partial charge in [-0.1, -0.05) is 64.1 Å². The number of carbonyl (C=O) groups excluding carboxylic acids is 1. The van der Waals surface area contributed by atoms with E-state index >= 15 is 0 Å². The summed E-state index contributed by atoms with van der Waals surface area (Å²) < 4.78 is 5.36. The van der Waals surface area contributed by atoms with Gasteiger partial charge in [0.1, 0.15) is 5.75 Å². The van der Waals surface area contributed by atoms with Crippen LogP contribution in [-0.4, -0.2) is 12.9 Å². The van der Waals surface area contributed by atoms with E-state index in [4.69, 9.17) is 4.74 Å². The van der Waals surface area contributed by atoms with Crippen molar-refractivity contribution in [3.8, 4) is 5.75 Å². The summed E-state index contributed by atoms with van der Waals surface area (Å²) in [7, 11) is 1.64. The number of ether oxygens (including phenoxy) is 1. The van der Waals surface area contributed by atoms with Crippen LogP contribution in [0.25, 0.3) is 0 Å². The third-order valence-corrected chi connectivity index (χ3v) is 4.21. The van der Waals surface area contributed by atoms with Gasteiger partial charge in [-0.25, -0.2) is 0 Å². The molecular formula is C21H26O2. The number of hydrogen-bond acceptors (Lipinski definition) is 2. The highest BCUT2D eigenvalue weighted by molar-refractivity contribution is 5.99. The van der Waals surface area contributed by atoms with Gasteiger partial charge in [0.05, 0.1) is 7.11 Å². The third-order valence-electron chi connectivity index (χ3n) is 4.21. The van der Waals surface area contributed by atoms with Crippen molar-refractivity contribution < 1.29 is 9.53 Å². The second-order valence-electron chi connectivity index (χ2n) is 6.57. The second-order valence-corrected chi connectivity index (χ2v) is 6.57. The average Bonchev–Trinajstić information content (AvgIpc) is 2.54. The molecule has 2 aromatic carbocycles. The zero-order valence-corrected chi connectivity index (χ0v) is 14.7. The van der Waals surface area contributed by atoms with Crippen molar-refractivity contribution in [2.24, 2.45) is 0 Å². The van der Waals surface area contributed by atoms with Crippen molar-refractivity contribution in [2.75, 3.05) is 7.11 Å². The standard InChI is InChI=1S/C21H26O2/c1-14(2)16-10-11-18(19(12-16)15(3)4)20(22)13-17-8-6-7-9-21(17)23-5/h6-12,14-15H,13H2,1-5H3. The Morgan fingerprint density at radius 2 is 1.70 bits per heavy atom. The summed E-state index contributed by atoms with van der Waals surface area (Å²) in [5.41, 5.74) is 4.18. The van der Waals surface area contributed by atoms with Crippen molar-refractivity contribution in [1.82, 2.24) is 0 Å². The smallest absolute Gasteiger partial charge is 0.167 e. The number of Topliss-reactive ketones (excluding diaryl/α,β-unsaturated/α-hetero) is 1. The van der Waals surface area contributed by atoms with Gasteiger partial charge in [0.25, 0.3) is 0 Å². The second kappa shape index (κ2) is 7.45. The van der Waals surface area contributed by atoms with E-state index in [1.807, 2.05) is 30.3 Å². The quantitative estimate of drug-likeness (QED) is 0.671. The van der Waals surface area contributed by atoms with Crippen LogP contribution in [0.3, 0.4) is 0 Å². The van der Waals surface area contributed by atoms with Crippen LogP contribution in [0.4, 0.5) is 0 Å². The minimum atomic E-state index is 0.147. The van der Waals surface area contributed by atoms with E-state index in [9.17, 15) is 4.79 Å². The van der Waals surface area contributed by atoms with Gasteiger partial charge in [-0.2, -0.15) is 0 Å². The molecule has 0 aliphatic carbocycles. The Labute approximate surface area is 139 Å². The number of ketones is 1. The van der Waals surface area contributed by atoms with Crippen LogP contribution in [0.2, 0.25) is 0 Å². The molecule has 0 aromatic heterocycles. The van der Waals surface area contributed by atoms with Crippen LogP contribution in [0.15, 0.2) is 42.5 Å². The Morgan fingerprint density at radius 3 is 2.30 bits per heavy atom. The lowest BCUT2D eigenvalue weighted by atomic mass is 9.88. The van der Waals surface area contributed by atoms with Gasteiger partial charge in [0, 0.05) is 17.5 Å². The van der Waals surface area contributed by atoms with E-state index in [1.165, 1.54) is 5.56 Å². The van der Waals surface area contributed by atoms with Gasteiger partial charge in [0.2, 0.25) is 0 Å². The minimum absolute atomic E-state index is 0.147. The molecule has 2 nitrogen and oxygen atoms in total. The Kier molecular flexibility index (Phi) is 5.59. The van der Waals surface area contributed by atoms with Crippen LogP contribution in [-0.2, 0) is 6.42 Å². The first-order valence-corrected chi connectivity index (χ1v) is 8.23. The fraction of sp³-hybridized carbons (Fsp3) is 0.381. The van der Waals surface area contributed by atoms with Crippen molar-refractivity contribution in [1.29, 1.82) is 0 Å². The number of methoxy groups -OCH3 is 1. The molecule has 122 valence electrons. The van der Waals surface area contributed by atoms with Gasteiger partial charge in [-0.15, -0.1) is 0 Å². The lowest BCUT2D eigenvalue weighted by molar-refractivity contribution is 0.0991. The molecule has 0 radical (unpaired) electrons. The summed E-state index contributed by atoms with van der Waals surface area (Å²) in [6, 6.07) is 14.0. The molecule has 0 saturated carbocycles. The first kappa shape index (κ1) is 17.3. The van der Waals surface area contributed by atoms with Gasteiger partial charge < -0.3 is 4.74 Å². The summed E-state index contributed by atoms with van der Waals surface area (Å²) in [6.45, 7) is 8.63. The van der Waals surface area contributed by atoms with Crippen LogP contribution in [0, 0.1) is 0 Å². The molecule has 2 heteroatoms. The number of benzene rings is 2. The van der Waals surface area contributed by atoms with Crippen molar-refractivity contribution in [3.05, 3.63) is 64.7 Å². The maximum atomic E-state index is 12.8. The summed E-state index contributed by atoms with van der Waals surface area (Å²) in [5, 5.41) is 0. The maximum Gasteiger partial charge on any atom is 0.167 e. The molecule has 0 aliphatic heterocycles. The van der Waals surface area contributed by atoms with Crippen LogP contribution >= 0.6 is 0 Å². The molecule has 2 rings (SSSR count). The number of rotatable bonds is 6. The van der Waals surface area contributed by atoms with E-state index in [1.54, 1.807) is 7.11 Å². The molecule has 0 atom stereocenters. The minimum Gasteiger partial charge on any atom is -0.496 e. The van der Waals surface area contributed by atoms with Gasteiger partial charge in [0.15, 0.2) is 5.78 Å². The zero-order valence-electron chi connectivity index (χ0n) is 14.7. The van der Waals surface area contributed by atoms with Gasteiger partial charge in [-0.3, -0.25) is 4.79 Å². The molecule has 0 N–H and O–H groups in total. The van der Waals surface area contributed by atoms with E-state index in [-0.39, 0.29) is 5.78 Å². The highest BCUT2D eigenvalue weighted by Crippen LogP contribution is 2.27. The van der Waals surface area contributed by atoms with Crippen LogP contribution < -0.4 is 4.74 Å². The number of carbonyl (C=O) groups is 1. The molecule has 0 spiro atoms. The zero-order chi connectivity index (χ0) is 17.0. The molecule has 0 unspecified atom stereocenters. The van der Waals surface area contributed by atoms with Crippen LogP contribution in [0.5, 0.6) is 5.75 Å². The predicted molar refractivity (Wildman–Crippen MR) is 95.6 cm³/mol. The molecule has 0 amide bonds. The summed E-state index contributed by atoms with van der Waals surface area (Å²) >= 11 is 0. The fourth-order valence-electron chi connectivity index (χ4n) is 2.79. The Balaban J connectivity index is 2.35. The lowest BCUT2D eigenvalue weighted by Gasteiger charge is -2.16. The molecule has 0 bridgehead atoms. The summed E-state index contributed by atoms with van der Waals surface area (Å²) in [4.78, 5) is 12.8. The summed E-state index contributed by atoms with van der Waals surface area (Å²) in [5.74, 6) is 1.70. The van der Waals surface area contributed by atoms with Gasteiger partial charge >= 0.3 is 0 Å². The Morgan fingerprint density at radius 1 is 1.00 bits per heavy atom. The topological polar surface area (TPSA) is 26.3 Å². The van der Waals surface area contributed by atoms with E-state index in [0.717, 1.165) is 22.4 Å². The van der Waals surface area contributed by atoms with Crippen molar-refractivity contribution in [2.45, 2.75) is 46.0 Å². The van der Waals surface area contributed by atoms with Gasteiger partial charge in [-0.05, 0) is 29.0 Å². The first-order valence-electron chi connectivity index (χ1n) is 8.23.